The van der Waals surface area contributed by atoms with Crippen molar-refractivity contribution in [2.24, 2.45) is 5.92 Å². The van der Waals surface area contributed by atoms with Crippen molar-refractivity contribution in [1.82, 2.24) is 5.32 Å². The lowest BCUT2D eigenvalue weighted by Gasteiger charge is -2.21. The molecule has 6 heteroatoms. The molecule has 0 aromatic heterocycles. The number of aryl methyl sites for hydroxylation is 1. The molecular formula is C15H20N2O3S. The number of carbonyl (C=O) groups excluding carboxylic acids is 1. The molecule has 114 valence electrons. The minimum atomic E-state index is -1.04. The van der Waals surface area contributed by atoms with Crippen LogP contribution in [0.3, 0.4) is 0 Å². The van der Waals surface area contributed by atoms with Crippen LogP contribution in [0.5, 0.6) is 0 Å². The maximum absolute atomic E-state index is 12.0. The van der Waals surface area contributed by atoms with Gasteiger partial charge in [-0.05, 0) is 48.8 Å². The summed E-state index contributed by atoms with van der Waals surface area (Å²) in [5.74, 6) is 1.77. The van der Waals surface area contributed by atoms with E-state index in [4.69, 9.17) is 5.11 Å². The Morgan fingerprint density at radius 1 is 1.33 bits per heavy atom. The molecule has 1 heterocycles. The van der Waals surface area contributed by atoms with E-state index in [1.54, 1.807) is 19.1 Å². The summed E-state index contributed by atoms with van der Waals surface area (Å²) in [6, 6.07) is 4.59. The second-order valence-electron chi connectivity index (χ2n) is 5.19. The molecule has 0 aliphatic carbocycles. The van der Waals surface area contributed by atoms with E-state index in [-0.39, 0.29) is 11.6 Å². The van der Waals surface area contributed by atoms with Crippen molar-refractivity contribution in [2.75, 3.05) is 23.4 Å². The maximum atomic E-state index is 12.0. The van der Waals surface area contributed by atoms with Gasteiger partial charge in [-0.15, -0.1) is 0 Å². The number of carbonyl (C=O) groups is 2. The summed E-state index contributed by atoms with van der Waals surface area (Å²) in [4.78, 5) is 23.1. The summed E-state index contributed by atoms with van der Waals surface area (Å²) in [6.45, 7) is 2.42. The van der Waals surface area contributed by atoms with Gasteiger partial charge in [-0.25, -0.2) is 9.59 Å². The number of thioether (sulfide) groups is 1. The zero-order valence-electron chi connectivity index (χ0n) is 12.0. The van der Waals surface area contributed by atoms with Gasteiger partial charge in [-0.2, -0.15) is 11.8 Å². The van der Waals surface area contributed by atoms with E-state index in [0.29, 0.717) is 18.2 Å². The van der Waals surface area contributed by atoms with Gasteiger partial charge in [0.1, 0.15) is 0 Å². The minimum absolute atomic E-state index is 0.110. The molecule has 2 rings (SSSR count). The topological polar surface area (TPSA) is 78.4 Å². The molecule has 0 atom stereocenters. The van der Waals surface area contributed by atoms with E-state index in [9.17, 15) is 9.59 Å². The Balaban J connectivity index is 1.94. The normalized spacial score (nSPS) is 15.5. The van der Waals surface area contributed by atoms with E-state index >= 15 is 0 Å². The fraction of sp³-hybridized carbons (Fsp3) is 0.467. The molecule has 1 fully saturated rings. The number of carboxylic acids is 1. The third kappa shape index (κ3) is 4.39. The lowest BCUT2D eigenvalue weighted by molar-refractivity contribution is 0.0698. The van der Waals surface area contributed by atoms with Crippen LogP contribution in [0.15, 0.2) is 18.2 Å². The van der Waals surface area contributed by atoms with Gasteiger partial charge in [0.05, 0.1) is 11.3 Å². The number of nitrogens with one attached hydrogen (secondary N) is 2. The number of aromatic carboxylic acids is 1. The highest BCUT2D eigenvalue weighted by Crippen LogP contribution is 2.22. The lowest BCUT2D eigenvalue weighted by atomic mass is 10.0. The van der Waals surface area contributed by atoms with E-state index in [2.05, 4.69) is 10.6 Å². The van der Waals surface area contributed by atoms with Gasteiger partial charge in [0, 0.05) is 6.54 Å². The first-order chi connectivity index (χ1) is 10.1. The molecule has 0 unspecified atom stereocenters. The van der Waals surface area contributed by atoms with Crippen LogP contribution in [-0.2, 0) is 0 Å². The minimum Gasteiger partial charge on any atom is -0.478 e. The first kappa shape index (κ1) is 15.7. The van der Waals surface area contributed by atoms with Gasteiger partial charge in [0.25, 0.3) is 0 Å². The van der Waals surface area contributed by atoms with Crippen LogP contribution >= 0.6 is 11.8 Å². The lowest BCUT2D eigenvalue weighted by Crippen LogP contribution is -2.34. The standard InChI is InChI=1S/C15H20N2O3S/c1-10-3-2-4-12(14(18)19)13(10)17-15(20)16-9-11-5-7-21-8-6-11/h2-4,11H,5-9H2,1H3,(H,18,19)(H2,16,17,20). The van der Waals surface area contributed by atoms with Gasteiger partial charge in [0.2, 0.25) is 0 Å². The Morgan fingerprint density at radius 3 is 2.71 bits per heavy atom. The number of anilines is 1. The average Bonchev–Trinajstić information content (AvgIpc) is 2.48. The smallest absolute Gasteiger partial charge is 0.337 e. The number of hydrogen-bond acceptors (Lipinski definition) is 3. The quantitative estimate of drug-likeness (QED) is 0.799. The van der Waals surface area contributed by atoms with Crippen molar-refractivity contribution in [2.45, 2.75) is 19.8 Å². The van der Waals surface area contributed by atoms with Crippen molar-refractivity contribution in [1.29, 1.82) is 0 Å². The van der Waals surface area contributed by atoms with Crippen molar-refractivity contribution in [3.8, 4) is 0 Å². The first-order valence-corrected chi connectivity index (χ1v) is 8.19. The summed E-state index contributed by atoms with van der Waals surface area (Å²) in [5.41, 5.74) is 1.21. The summed E-state index contributed by atoms with van der Waals surface area (Å²) in [5, 5.41) is 14.7. The highest BCUT2D eigenvalue weighted by Gasteiger charge is 2.17. The molecule has 0 saturated carbocycles. The zero-order valence-corrected chi connectivity index (χ0v) is 12.8. The maximum Gasteiger partial charge on any atom is 0.337 e. The van der Waals surface area contributed by atoms with Crippen LogP contribution < -0.4 is 10.6 Å². The fourth-order valence-corrected chi connectivity index (χ4v) is 3.56. The molecule has 1 aromatic carbocycles. The van der Waals surface area contributed by atoms with Crippen molar-refractivity contribution < 1.29 is 14.7 Å². The molecule has 2 amide bonds. The number of hydrogen-bond donors (Lipinski definition) is 3. The molecule has 5 nitrogen and oxygen atoms in total. The third-order valence-electron chi connectivity index (χ3n) is 3.63. The third-order valence-corrected chi connectivity index (χ3v) is 4.68. The predicted octanol–water partition coefficient (Wildman–Crippen LogP) is 2.96. The van der Waals surface area contributed by atoms with Gasteiger partial charge in [-0.3, -0.25) is 0 Å². The van der Waals surface area contributed by atoms with Crippen LogP contribution in [0.1, 0.15) is 28.8 Å². The monoisotopic (exact) mass is 308 g/mol. The largest absolute Gasteiger partial charge is 0.478 e. The molecular weight excluding hydrogens is 288 g/mol. The van der Waals surface area contributed by atoms with E-state index in [1.165, 1.54) is 6.07 Å². The molecule has 0 spiro atoms. The van der Waals surface area contributed by atoms with E-state index < -0.39 is 5.97 Å². The van der Waals surface area contributed by atoms with Gasteiger partial charge < -0.3 is 15.7 Å². The number of urea groups is 1. The molecule has 0 bridgehead atoms. The van der Waals surface area contributed by atoms with Gasteiger partial charge in [-0.1, -0.05) is 12.1 Å². The van der Waals surface area contributed by atoms with Crippen LogP contribution in [0, 0.1) is 12.8 Å². The summed E-state index contributed by atoms with van der Waals surface area (Å²) in [7, 11) is 0. The molecule has 1 saturated heterocycles. The SMILES string of the molecule is Cc1cccc(C(=O)O)c1NC(=O)NCC1CCSCC1. The Labute approximate surface area is 128 Å². The average molecular weight is 308 g/mol. The van der Waals surface area contributed by atoms with Gasteiger partial charge in [0.15, 0.2) is 0 Å². The summed E-state index contributed by atoms with van der Waals surface area (Å²) in [6.07, 6.45) is 2.24. The number of rotatable bonds is 4. The van der Waals surface area contributed by atoms with Crippen molar-refractivity contribution in [3.63, 3.8) is 0 Å². The van der Waals surface area contributed by atoms with Crippen LogP contribution in [-0.4, -0.2) is 35.2 Å². The Hall–Kier alpha value is -1.69. The summed E-state index contributed by atoms with van der Waals surface area (Å²) < 4.78 is 0. The molecule has 1 aliphatic rings. The first-order valence-electron chi connectivity index (χ1n) is 7.03. The molecule has 3 N–H and O–H groups in total. The Morgan fingerprint density at radius 2 is 2.05 bits per heavy atom. The predicted molar refractivity (Wildman–Crippen MR) is 85.2 cm³/mol. The van der Waals surface area contributed by atoms with Gasteiger partial charge >= 0.3 is 12.0 Å². The molecule has 1 aliphatic heterocycles. The summed E-state index contributed by atoms with van der Waals surface area (Å²) >= 11 is 1.95. The fourth-order valence-electron chi connectivity index (χ4n) is 2.36. The molecule has 0 radical (unpaired) electrons. The van der Waals surface area contributed by atoms with Crippen molar-refractivity contribution >= 4 is 29.4 Å². The van der Waals surface area contributed by atoms with E-state index in [1.807, 2.05) is 11.8 Å². The van der Waals surface area contributed by atoms with Crippen LogP contribution in [0.25, 0.3) is 0 Å². The zero-order chi connectivity index (χ0) is 15.2. The number of carboxylic acid groups (broad SMARTS) is 1. The second-order valence-corrected chi connectivity index (χ2v) is 6.42. The number of benzene rings is 1. The van der Waals surface area contributed by atoms with Crippen LogP contribution in [0.2, 0.25) is 0 Å². The highest BCUT2D eigenvalue weighted by molar-refractivity contribution is 7.99. The van der Waals surface area contributed by atoms with E-state index in [0.717, 1.165) is 29.9 Å². The Kier molecular flexibility index (Phi) is 5.50. The highest BCUT2D eigenvalue weighted by atomic mass is 32.2. The molecule has 1 aromatic rings. The number of para-hydroxylation sites is 1. The van der Waals surface area contributed by atoms with Crippen LogP contribution in [0.4, 0.5) is 10.5 Å². The van der Waals surface area contributed by atoms with Crippen molar-refractivity contribution in [3.05, 3.63) is 29.3 Å². The Bertz CT molecular complexity index is 528. The number of amides is 2. The molecule has 21 heavy (non-hydrogen) atoms. The second kappa shape index (κ2) is 7.36.